The summed E-state index contributed by atoms with van der Waals surface area (Å²) in [5.74, 6) is 0.320. The molecule has 3 nitrogen and oxygen atoms in total. The van der Waals surface area contributed by atoms with Crippen LogP contribution in [0, 0.1) is 0 Å². The molecule has 0 unspecified atom stereocenters. The number of rotatable bonds is 4. The molecule has 1 aromatic heterocycles. The lowest BCUT2D eigenvalue weighted by Crippen LogP contribution is -2.13. The maximum atomic E-state index is 12.0. The third-order valence-corrected chi connectivity index (χ3v) is 4.87. The van der Waals surface area contributed by atoms with Crippen molar-refractivity contribution < 1.29 is 4.79 Å². The highest BCUT2D eigenvalue weighted by Crippen LogP contribution is 2.23. The Kier molecular flexibility index (Phi) is 4.43. The maximum absolute atomic E-state index is 12.0. The van der Waals surface area contributed by atoms with E-state index in [1.807, 2.05) is 42.5 Å². The van der Waals surface area contributed by atoms with Crippen molar-refractivity contribution in [3.05, 3.63) is 53.0 Å². The standard InChI is InChI=1S/C15H11ClN2OS2/c16-10-1-4-12(5-2-10)20-8-15(19)18-11-3-6-14-13(7-11)17-9-21-14/h1-7,9H,8H2,(H,18,19). The van der Waals surface area contributed by atoms with Crippen LogP contribution >= 0.6 is 34.7 Å². The molecule has 21 heavy (non-hydrogen) atoms. The van der Waals surface area contributed by atoms with Crippen molar-refractivity contribution in [1.29, 1.82) is 0 Å². The van der Waals surface area contributed by atoms with Crippen LogP contribution in [0.2, 0.25) is 5.02 Å². The topological polar surface area (TPSA) is 42.0 Å². The fourth-order valence-electron chi connectivity index (χ4n) is 1.81. The second-order valence-corrected chi connectivity index (χ2v) is 6.70. The molecule has 3 aromatic rings. The molecule has 1 amide bonds. The first-order valence-corrected chi connectivity index (χ1v) is 8.46. The molecular weight excluding hydrogens is 324 g/mol. The molecule has 0 saturated carbocycles. The second-order valence-electron chi connectivity index (χ2n) is 4.33. The Morgan fingerprint density at radius 2 is 2.05 bits per heavy atom. The number of halogens is 1. The number of thioether (sulfide) groups is 1. The molecule has 0 atom stereocenters. The number of amides is 1. The molecule has 0 fully saturated rings. The average molecular weight is 335 g/mol. The minimum atomic E-state index is -0.0375. The Labute approximate surface area is 135 Å². The lowest BCUT2D eigenvalue weighted by Gasteiger charge is -2.05. The monoisotopic (exact) mass is 334 g/mol. The van der Waals surface area contributed by atoms with Crippen LogP contribution in [0.1, 0.15) is 0 Å². The number of nitrogens with one attached hydrogen (secondary N) is 1. The van der Waals surface area contributed by atoms with Gasteiger partial charge in [0.25, 0.3) is 0 Å². The highest BCUT2D eigenvalue weighted by Gasteiger charge is 2.05. The van der Waals surface area contributed by atoms with Crippen molar-refractivity contribution in [3.63, 3.8) is 0 Å². The van der Waals surface area contributed by atoms with Crippen LogP contribution in [-0.4, -0.2) is 16.6 Å². The molecule has 0 spiro atoms. The number of fused-ring (bicyclic) bond motifs is 1. The van der Waals surface area contributed by atoms with Gasteiger partial charge in [0.05, 0.1) is 21.5 Å². The molecule has 3 rings (SSSR count). The number of nitrogens with zero attached hydrogens (tertiary/aromatic N) is 1. The number of thiazole rings is 1. The molecule has 1 heterocycles. The number of carbonyl (C=O) groups is 1. The number of anilines is 1. The van der Waals surface area contributed by atoms with Gasteiger partial charge in [-0.2, -0.15) is 0 Å². The summed E-state index contributed by atoms with van der Waals surface area (Å²) >= 11 is 8.89. The third kappa shape index (κ3) is 3.75. The number of aromatic nitrogens is 1. The zero-order chi connectivity index (χ0) is 14.7. The van der Waals surface area contributed by atoms with Gasteiger partial charge in [-0.15, -0.1) is 23.1 Å². The molecule has 0 aliphatic carbocycles. The summed E-state index contributed by atoms with van der Waals surface area (Å²) < 4.78 is 1.11. The fourth-order valence-corrected chi connectivity index (χ4v) is 3.30. The minimum Gasteiger partial charge on any atom is -0.325 e. The van der Waals surface area contributed by atoms with Crippen LogP contribution in [0.4, 0.5) is 5.69 Å². The molecule has 0 radical (unpaired) electrons. The van der Waals surface area contributed by atoms with Gasteiger partial charge >= 0.3 is 0 Å². The first-order chi connectivity index (χ1) is 10.2. The van der Waals surface area contributed by atoms with Crippen molar-refractivity contribution in [2.45, 2.75) is 4.90 Å². The Morgan fingerprint density at radius 1 is 1.24 bits per heavy atom. The number of hydrogen-bond donors (Lipinski definition) is 1. The Morgan fingerprint density at radius 3 is 2.86 bits per heavy atom. The smallest absolute Gasteiger partial charge is 0.234 e. The summed E-state index contributed by atoms with van der Waals surface area (Å²) in [5, 5.41) is 3.58. The Hall–Kier alpha value is -1.56. The second kappa shape index (κ2) is 6.47. The van der Waals surface area contributed by atoms with Gasteiger partial charge in [-0.1, -0.05) is 11.6 Å². The van der Waals surface area contributed by atoms with Crippen LogP contribution in [0.15, 0.2) is 52.9 Å². The third-order valence-electron chi connectivity index (χ3n) is 2.80. The highest BCUT2D eigenvalue weighted by molar-refractivity contribution is 8.00. The van der Waals surface area contributed by atoms with Crippen molar-refractivity contribution in [2.75, 3.05) is 11.1 Å². The molecule has 6 heteroatoms. The van der Waals surface area contributed by atoms with Crippen LogP contribution in [0.3, 0.4) is 0 Å². The average Bonchev–Trinajstić information content (AvgIpc) is 2.94. The maximum Gasteiger partial charge on any atom is 0.234 e. The molecule has 0 aliphatic rings. The fraction of sp³-hybridized carbons (Fsp3) is 0.0667. The van der Waals surface area contributed by atoms with Crippen molar-refractivity contribution >= 4 is 56.5 Å². The SMILES string of the molecule is O=C(CSc1ccc(Cl)cc1)Nc1ccc2scnc2c1. The quantitative estimate of drug-likeness (QED) is 0.704. The summed E-state index contributed by atoms with van der Waals surface area (Å²) in [6.45, 7) is 0. The molecule has 2 aromatic carbocycles. The predicted octanol–water partition coefficient (Wildman–Crippen LogP) is 4.68. The zero-order valence-corrected chi connectivity index (χ0v) is 13.3. The van der Waals surface area contributed by atoms with Gasteiger partial charge in [0, 0.05) is 15.6 Å². The van der Waals surface area contributed by atoms with Crippen molar-refractivity contribution in [3.8, 4) is 0 Å². The van der Waals surface area contributed by atoms with E-state index in [2.05, 4.69) is 10.3 Å². The largest absolute Gasteiger partial charge is 0.325 e. The van der Waals surface area contributed by atoms with E-state index < -0.39 is 0 Å². The number of carbonyl (C=O) groups excluding carboxylic acids is 1. The summed E-state index contributed by atoms with van der Waals surface area (Å²) in [6.07, 6.45) is 0. The van der Waals surface area contributed by atoms with E-state index in [4.69, 9.17) is 11.6 Å². The van der Waals surface area contributed by atoms with Gasteiger partial charge in [-0.05, 0) is 42.5 Å². The van der Waals surface area contributed by atoms with Gasteiger partial charge in [0.1, 0.15) is 0 Å². The predicted molar refractivity (Wildman–Crippen MR) is 90.4 cm³/mol. The van der Waals surface area contributed by atoms with E-state index in [0.29, 0.717) is 10.8 Å². The van der Waals surface area contributed by atoms with Crippen molar-refractivity contribution in [1.82, 2.24) is 4.98 Å². The van der Waals surface area contributed by atoms with E-state index >= 15 is 0 Å². The highest BCUT2D eigenvalue weighted by atomic mass is 35.5. The molecule has 0 bridgehead atoms. The molecule has 0 saturated heterocycles. The molecular formula is C15H11ClN2OS2. The van der Waals surface area contributed by atoms with Crippen molar-refractivity contribution in [2.24, 2.45) is 0 Å². The summed E-state index contributed by atoms with van der Waals surface area (Å²) in [4.78, 5) is 17.2. The number of hydrogen-bond acceptors (Lipinski definition) is 4. The van der Waals surface area contributed by atoms with E-state index in [1.54, 1.807) is 16.8 Å². The van der Waals surface area contributed by atoms with Gasteiger partial charge in [0.2, 0.25) is 5.91 Å². The Bertz CT molecular complexity index is 771. The summed E-state index contributed by atoms with van der Waals surface area (Å²) in [6, 6.07) is 13.2. The van der Waals surface area contributed by atoms with E-state index in [-0.39, 0.29) is 5.91 Å². The van der Waals surface area contributed by atoms with E-state index in [9.17, 15) is 4.79 Å². The van der Waals surface area contributed by atoms with Crippen LogP contribution in [0.5, 0.6) is 0 Å². The first kappa shape index (κ1) is 14.4. The van der Waals surface area contributed by atoms with Crippen LogP contribution in [-0.2, 0) is 4.79 Å². The van der Waals surface area contributed by atoms with Crippen LogP contribution in [0.25, 0.3) is 10.2 Å². The lowest BCUT2D eigenvalue weighted by atomic mass is 10.3. The first-order valence-electron chi connectivity index (χ1n) is 6.22. The van der Waals surface area contributed by atoms with Gasteiger partial charge in [0.15, 0.2) is 0 Å². The zero-order valence-electron chi connectivity index (χ0n) is 10.9. The van der Waals surface area contributed by atoms with Crippen LogP contribution < -0.4 is 5.32 Å². The summed E-state index contributed by atoms with van der Waals surface area (Å²) in [5.41, 5.74) is 3.48. The van der Waals surface area contributed by atoms with Gasteiger partial charge < -0.3 is 5.32 Å². The summed E-state index contributed by atoms with van der Waals surface area (Å²) in [7, 11) is 0. The van der Waals surface area contributed by atoms with E-state index in [1.165, 1.54) is 11.8 Å². The Balaban J connectivity index is 1.59. The van der Waals surface area contributed by atoms with E-state index in [0.717, 1.165) is 20.8 Å². The number of benzene rings is 2. The molecule has 1 N–H and O–H groups in total. The minimum absolute atomic E-state index is 0.0375. The normalized spacial score (nSPS) is 10.7. The lowest BCUT2D eigenvalue weighted by molar-refractivity contribution is -0.113. The van der Waals surface area contributed by atoms with Gasteiger partial charge in [-0.3, -0.25) is 4.79 Å². The van der Waals surface area contributed by atoms with Gasteiger partial charge in [-0.25, -0.2) is 4.98 Å². The molecule has 106 valence electrons. The molecule has 0 aliphatic heterocycles.